The summed E-state index contributed by atoms with van der Waals surface area (Å²) >= 11 is 5.90. The number of aromatic nitrogens is 2. The van der Waals surface area contributed by atoms with Gasteiger partial charge in [0.2, 0.25) is 0 Å². The summed E-state index contributed by atoms with van der Waals surface area (Å²) in [5.74, 6) is -0.381. The van der Waals surface area contributed by atoms with Gasteiger partial charge in [-0.1, -0.05) is 29.8 Å². The van der Waals surface area contributed by atoms with Crippen LogP contribution in [0.4, 0.5) is 4.39 Å². The van der Waals surface area contributed by atoms with Gasteiger partial charge in [0, 0.05) is 11.1 Å². The second kappa shape index (κ2) is 8.46. The first-order valence-corrected chi connectivity index (χ1v) is 8.53. The van der Waals surface area contributed by atoms with Crippen LogP contribution in [0.15, 0.2) is 53.6 Å². The van der Waals surface area contributed by atoms with Crippen molar-refractivity contribution in [2.45, 2.75) is 6.92 Å². The van der Waals surface area contributed by atoms with Gasteiger partial charge in [0.25, 0.3) is 5.91 Å². The molecule has 0 aliphatic heterocycles. The Labute approximate surface area is 160 Å². The highest BCUT2D eigenvalue weighted by Crippen LogP contribution is 2.28. The van der Waals surface area contributed by atoms with Gasteiger partial charge in [-0.25, -0.2) is 9.82 Å². The molecule has 0 spiro atoms. The highest BCUT2D eigenvalue weighted by molar-refractivity contribution is 6.33. The Kier molecular flexibility index (Phi) is 5.83. The van der Waals surface area contributed by atoms with Crippen LogP contribution in [0.5, 0.6) is 5.75 Å². The first-order chi connectivity index (χ1) is 13.1. The van der Waals surface area contributed by atoms with E-state index >= 15 is 0 Å². The van der Waals surface area contributed by atoms with Crippen molar-refractivity contribution in [3.8, 4) is 17.0 Å². The second-order valence-corrected chi connectivity index (χ2v) is 5.84. The molecule has 0 atom stereocenters. The molecule has 2 aromatic carbocycles. The first-order valence-electron chi connectivity index (χ1n) is 8.15. The fraction of sp³-hybridized carbons (Fsp3) is 0.105. The van der Waals surface area contributed by atoms with E-state index in [-0.39, 0.29) is 16.3 Å². The molecule has 8 heteroatoms. The second-order valence-electron chi connectivity index (χ2n) is 5.43. The number of carbonyl (C=O) groups is 1. The van der Waals surface area contributed by atoms with Gasteiger partial charge in [0.15, 0.2) is 0 Å². The Balaban J connectivity index is 1.73. The average molecular weight is 387 g/mol. The molecule has 3 rings (SSSR count). The molecule has 6 nitrogen and oxygen atoms in total. The van der Waals surface area contributed by atoms with Crippen LogP contribution >= 0.6 is 11.6 Å². The van der Waals surface area contributed by atoms with E-state index in [2.05, 4.69) is 20.7 Å². The topological polar surface area (TPSA) is 79.4 Å². The maximum absolute atomic E-state index is 13.7. The predicted molar refractivity (Wildman–Crippen MR) is 102 cm³/mol. The van der Waals surface area contributed by atoms with Crippen molar-refractivity contribution in [3.05, 3.63) is 70.6 Å². The van der Waals surface area contributed by atoms with Crippen molar-refractivity contribution in [1.82, 2.24) is 15.6 Å². The molecule has 1 heterocycles. The van der Waals surface area contributed by atoms with Gasteiger partial charge in [0.05, 0.1) is 23.5 Å². The van der Waals surface area contributed by atoms with Gasteiger partial charge >= 0.3 is 0 Å². The largest absolute Gasteiger partial charge is 0.493 e. The average Bonchev–Trinajstić information content (AvgIpc) is 3.15. The highest BCUT2D eigenvalue weighted by atomic mass is 35.5. The van der Waals surface area contributed by atoms with Crippen LogP contribution in [-0.2, 0) is 0 Å². The van der Waals surface area contributed by atoms with Crippen LogP contribution in [0.3, 0.4) is 0 Å². The van der Waals surface area contributed by atoms with Gasteiger partial charge in [-0.3, -0.25) is 9.89 Å². The minimum Gasteiger partial charge on any atom is -0.493 e. The lowest BCUT2D eigenvalue weighted by Crippen LogP contribution is -2.18. The van der Waals surface area contributed by atoms with E-state index in [4.69, 9.17) is 16.3 Å². The number of hydrogen-bond donors (Lipinski definition) is 2. The number of rotatable bonds is 6. The maximum atomic E-state index is 13.7. The van der Waals surface area contributed by atoms with Crippen molar-refractivity contribution in [2.24, 2.45) is 5.10 Å². The van der Waals surface area contributed by atoms with Crippen molar-refractivity contribution < 1.29 is 13.9 Å². The number of nitrogens with one attached hydrogen (secondary N) is 2. The van der Waals surface area contributed by atoms with E-state index in [1.54, 1.807) is 6.07 Å². The SMILES string of the molecule is CCOc1ccccc1-c1cc(C(=O)NN=Cc2c(F)cccc2Cl)[nH]n1. The molecule has 0 radical (unpaired) electrons. The Hall–Kier alpha value is -3.19. The number of H-pyrrole nitrogens is 1. The number of nitrogens with zero attached hydrogens (tertiary/aromatic N) is 2. The lowest BCUT2D eigenvalue weighted by Gasteiger charge is -2.07. The van der Waals surface area contributed by atoms with Gasteiger partial charge in [0.1, 0.15) is 17.3 Å². The number of amides is 1. The number of halogens is 2. The lowest BCUT2D eigenvalue weighted by molar-refractivity contribution is 0.0950. The smallest absolute Gasteiger partial charge is 0.289 e. The summed E-state index contributed by atoms with van der Waals surface area (Å²) in [4.78, 5) is 12.2. The molecule has 0 fully saturated rings. The summed E-state index contributed by atoms with van der Waals surface area (Å²) in [7, 11) is 0. The minimum absolute atomic E-state index is 0.0930. The number of aromatic amines is 1. The molecule has 138 valence electrons. The molecular formula is C19H16ClFN4O2. The predicted octanol–water partition coefficient (Wildman–Crippen LogP) is 4.03. The molecule has 0 unspecified atom stereocenters. The van der Waals surface area contributed by atoms with Crippen LogP contribution in [-0.4, -0.2) is 28.9 Å². The van der Waals surface area contributed by atoms with E-state index in [0.29, 0.717) is 18.1 Å². The molecular weight excluding hydrogens is 371 g/mol. The number of ether oxygens (including phenoxy) is 1. The van der Waals surface area contributed by atoms with Crippen LogP contribution in [0.25, 0.3) is 11.3 Å². The van der Waals surface area contributed by atoms with Gasteiger partial charge in [-0.2, -0.15) is 10.2 Å². The molecule has 1 aromatic heterocycles. The molecule has 0 aliphatic rings. The van der Waals surface area contributed by atoms with Crippen LogP contribution < -0.4 is 10.2 Å². The monoisotopic (exact) mass is 386 g/mol. The zero-order valence-electron chi connectivity index (χ0n) is 14.4. The van der Waals surface area contributed by atoms with Crippen LogP contribution in [0.1, 0.15) is 23.0 Å². The molecule has 3 aromatic rings. The Morgan fingerprint density at radius 1 is 1.33 bits per heavy atom. The quantitative estimate of drug-likeness (QED) is 0.496. The fourth-order valence-electron chi connectivity index (χ4n) is 2.39. The first kappa shape index (κ1) is 18.6. The van der Waals surface area contributed by atoms with Crippen molar-refractivity contribution in [3.63, 3.8) is 0 Å². The van der Waals surface area contributed by atoms with E-state index in [1.807, 2.05) is 31.2 Å². The summed E-state index contributed by atoms with van der Waals surface area (Å²) < 4.78 is 19.2. The standard InChI is InChI=1S/C19H16ClFN4O2/c1-2-27-18-9-4-3-6-12(18)16-10-17(24-23-16)19(26)25-22-11-13-14(20)7-5-8-15(13)21/h3-11H,2H2,1H3,(H,23,24)(H,25,26). The minimum atomic E-state index is -0.531. The summed E-state index contributed by atoms with van der Waals surface area (Å²) in [6.07, 6.45) is 1.15. The summed E-state index contributed by atoms with van der Waals surface area (Å²) in [5.41, 5.74) is 3.92. The lowest BCUT2D eigenvalue weighted by atomic mass is 10.1. The number of hydrogen-bond acceptors (Lipinski definition) is 4. The molecule has 27 heavy (non-hydrogen) atoms. The molecule has 0 saturated heterocycles. The summed E-state index contributed by atoms with van der Waals surface area (Å²) in [6.45, 7) is 2.40. The van der Waals surface area contributed by atoms with Gasteiger partial charge in [-0.15, -0.1) is 0 Å². The zero-order chi connectivity index (χ0) is 19.2. The third-order valence-electron chi connectivity index (χ3n) is 3.64. The van der Waals surface area contributed by atoms with Crippen molar-refractivity contribution >= 4 is 23.7 Å². The molecule has 0 aliphatic carbocycles. The van der Waals surface area contributed by atoms with Crippen molar-refractivity contribution in [2.75, 3.05) is 6.61 Å². The molecule has 0 bridgehead atoms. The Morgan fingerprint density at radius 2 is 2.15 bits per heavy atom. The summed E-state index contributed by atoms with van der Waals surface area (Å²) in [6, 6.07) is 13.2. The maximum Gasteiger partial charge on any atom is 0.289 e. The number of para-hydroxylation sites is 1. The van der Waals surface area contributed by atoms with Crippen LogP contribution in [0.2, 0.25) is 5.02 Å². The zero-order valence-corrected chi connectivity index (χ0v) is 15.1. The number of carbonyl (C=O) groups excluding carboxylic acids is 1. The van der Waals surface area contributed by atoms with E-state index in [9.17, 15) is 9.18 Å². The normalized spacial score (nSPS) is 10.9. The molecule has 0 saturated carbocycles. The molecule has 1 amide bonds. The van der Waals surface area contributed by atoms with Crippen molar-refractivity contribution in [1.29, 1.82) is 0 Å². The van der Waals surface area contributed by atoms with E-state index in [0.717, 1.165) is 11.8 Å². The Bertz CT molecular complexity index is 967. The number of hydrazone groups is 1. The van der Waals surface area contributed by atoms with Crippen LogP contribution in [0, 0.1) is 5.82 Å². The third kappa shape index (κ3) is 4.32. The number of benzene rings is 2. The van der Waals surface area contributed by atoms with Gasteiger partial charge < -0.3 is 4.74 Å². The third-order valence-corrected chi connectivity index (χ3v) is 3.97. The highest BCUT2D eigenvalue weighted by Gasteiger charge is 2.13. The molecule has 2 N–H and O–H groups in total. The van der Waals surface area contributed by atoms with E-state index < -0.39 is 11.7 Å². The van der Waals surface area contributed by atoms with Gasteiger partial charge in [-0.05, 0) is 37.3 Å². The summed E-state index contributed by atoms with van der Waals surface area (Å²) in [5, 5.41) is 10.7. The Morgan fingerprint density at radius 3 is 2.93 bits per heavy atom. The fourth-order valence-corrected chi connectivity index (χ4v) is 2.60. The van der Waals surface area contributed by atoms with E-state index in [1.165, 1.54) is 18.2 Å².